The normalized spacial score (nSPS) is 29.9. The lowest BCUT2D eigenvalue weighted by molar-refractivity contribution is 0.0728. The molecule has 2 fully saturated rings. The van der Waals surface area contributed by atoms with Gasteiger partial charge in [0.1, 0.15) is 0 Å². The van der Waals surface area contributed by atoms with Crippen molar-refractivity contribution in [3.63, 3.8) is 0 Å². The fraction of sp³-hybridized carbons (Fsp3) is 0.941. The second-order valence-electron chi connectivity index (χ2n) is 7.45. The first-order chi connectivity index (χ1) is 10.5. The number of rotatable bonds is 4. The molecule has 2 aliphatic rings. The number of likely N-dealkylation sites (tertiary alicyclic amines) is 2. The van der Waals surface area contributed by atoms with Crippen molar-refractivity contribution in [3.05, 3.63) is 0 Å². The molecule has 22 heavy (non-hydrogen) atoms. The third-order valence-corrected chi connectivity index (χ3v) is 5.07. The first-order valence-corrected chi connectivity index (χ1v) is 8.91. The summed E-state index contributed by atoms with van der Waals surface area (Å²) in [5.41, 5.74) is 0. The molecule has 4 atom stereocenters. The third-order valence-electron chi connectivity index (χ3n) is 5.07. The van der Waals surface area contributed by atoms with Gasteiger partial charge in [-0.05, 0) is 52.0 Å². The Morgan fingerprint density at radius 3 is 2.64 bits per heavy atom. The molecule has 2 heterocycles. The van der Waals surface area contributed by atoms with E-state index in [9.17, 15) is 9.90 Å². The van der Waals surface area contributed by atoms with Crippen LogP contribution in [0.2, 0.25) is 0 Å². The number of hydrogen-bond donors (Lipinski definition) is 2. The molecule has 4 unspecified atom stereocenters. The van der Waals surface area contributed by atoms with Crippen molar-refractivity contribution in [2.45, 2.75) is 58.6 Å². The number of aliphatic hydroxyl groups excluding tert-OH is 1. The highest BCUT2D eigenvalue weighted by molar-refractivity contribution is 5.74. The van der Waals surface area contributed by atoms with Gasteiger partial charge in [0.05, 0.1) is 6.10 Å². The van der Waals surface area contributed by atoms with Crippen LogP contribution in [0.4, 0.5) is 4.79 Å². The summed E-state index contributed by atoms with van der Waals surface area (Å²) in [5, 5.41) is 12.9. The van der Waals surface area contributed by atoms with Crippen LogP contribution in [0.1, 0.15) is 46.5 Å². The Labute approximate surface area is 135 Å². The van der Waals surface area contributed by atoms with Crippen molar-refractivity contribution in [1.29, 1.82) is 0 Å². The molecule has 2 saturated heterocycles. The zero-order valence-electron chi connectivity index (χ0n) is 14.4. The first-order valence-electron chi connectivity index (χ1n) is 8.91. The van der Waals surface area contributed by atoms with Crippen molar-refractivity contribution in [2.24, 2.45) is 11.8 Å². The van der Waals surface area contributed by atoms with Gasteiger partial charge in [-0.1, -0.05) is 6.92 Å². The summed E-state index contributed by atoms with van der Waals surface area (Å²) in [6.45, 7) is 10.9. The number of amides is 2. The minimum atomic E-state index is -0.331. The lowest BCUT2D eigenvalue weighted by Crippen LogP contribution is -2.52. The van der Waals surface area contributed by atoms with E-state index in [1.807, 2.05) is 11.8 Å². The lowest BCUT2D eigenvalue weighted by Gasteiger charge is -2.36. The summed E-state index contributed by atoms with van der Waals surface area (Å²) in [4.78, 5) is 16.7. The lowest BCUT2D eigenvalue weighted by atomic mass is 9.94. The van der Waals surface area contributed by atoms with E-state index in [4.69, 9.17) is 0 Å². The molecule has 0 saturated carbocycles. The van der Waals surface area contributed by atoms with E-state index in [-0.39, 0.29) is 24.1 Å². The maximum atomic E-state index is 12.4. The fourth-order valence-corrected chi connectivity index (χ4v) is 3.78. The molecule has 0 aromatic heterocycles. The Hall–Kier alpha value is -0.810. The van der Waals surface area contributed by atoms with Crippen LogP contribution in [0.25, 0.3) is 0 Å². The predicted molar refractivity (Wildman–Crippen MR) is 88.8 cm³/mol. The summed E-state index contributed by atoms with van der Waals surface area (Å²) in [5.74, 6) is 0.989. The van der Waals surface area contributed by atoms with Gasteiger partial charge < -0.3 is 20.2 Å². The molecule has 0 aliphatic carbocycles. The maximum Gasteiger partial charge on any atom is 0.317 e. The minimum Gasteiger partial charge on any atom is -0.393 e. The number of carbonyl (C=O) groups excluding carboxylic acids is 1. The number of piperidine rings is 2. The predicted octanol–water partition coefficient (Wildman–Crippen LogP) is 1.91. The molecule has 5 heteroatoms. The van der Waals surface area contributed by atoms with E-state index in [2.05, 4.69) is 24.1 Å². The van der Waals surface area contributed by atoms with Gasteiger partial charge in [-0.3, -0.25) is 0 Å². The number of carbonyl (C=O) groups is 1. The summed E-state index contributed by atoms with van der Waals surface area (Å²) in [6, 6.07) is 0.202. The molecule has 0 aromatic carbocycles. The average molecular weight is 311 g/mol. The van der Waals surface area contributed by atoms with E-state index in [0.29, 0.717) is 6.54 Å². The van der Waals surface area contributed by atoms with Gasteiger partial charge in [-0.25, -0.2) is 4.79 Å². The number of nitrogens with zero attached hydrogens (tertiary/aromatic N) is 2. The molecule has 2 rings (SSSR count). The van der Waals surface area contributed by atoms with Gasteiger partial charge in [-0.2, -0.15) is 0 Å². The number of urea groups is 1. The van der Waals surface area contributed by atoms with Crippen LogP contribution >= 0.6 is 0 Å². The van der Waals surface area contributed by atoms with Gasteiger partial charge in [0.2, 0.25) is 0 Å². The number of nitrogens with one attached hydrogen (secondary N) is 1. The highest BCUT2D eigenvalue weighted by Gasteiger charge is 2.27. The van der Waals surface area contributed by atoms with E-state index >= 15 is 0 Å². The zero-order chi connectivity index (χ0) is 16.1. The van der Waals surface area contributed by atoms with E-state index in [1.165, 1.54) is 12.8 Å². The molecule has 0 radical (unpaired) electrons. The van der Waals surface area contributed by atoms with Crippen LogP contribution in [-0.4, -0.2) is 65.8 Å². The Morgan fingerprint density at radius 2 is 1.95 bits per heavy atom. The summed E-state index contributed by atoms with van der Waals surface area (Å²) < 4.78 is 0. The Bertz CT molecular complexity index is 362. The minimum absolute atomic E-state index is 0.0305. The van der Waals surface area contributed by atoms with E-state index in [0.717, 1.165) is 44.9 Å². The number of aliphatic hydroxyl groups is 1. The molecule has 0 spiro atoms. The van der Waals surface area contributed by atoms with Crippen molar-refractivity contribution in [2.75, 3.05) is 32.7 Å². The van der Waals surface area contributed by atoms with Crippen LogP contribution in [-0.2, 0) is 0 Å². The first kappa shape index (κ1) is 17.5. The van der Waals surface area contributed by atoms with Crippen molar-refractivity contribution in [1.82, 2.24) is 15.1 Å². The van der Waals surface area contributed by atoms with E-state index in [1.54, 1.807) is 0 Å². The van der Waals surface area contributed by atoms with Crippen LogP contribution in [0.15, 0.2) is 0 Å². The summed E-state index contributed by atoms with van der Waals surface area (Å²) in [6.07, 6.45) is 4.27. The van der Waals surface area contributed by atoms with Crippen LogP contribution in [0.3, 0.4) is 0 Å². The topological polar surface area (TPSA) is 55.8 Å². The zero-order valence-corrected chi connectivity index (χ0v) is 14.4. The van der Waals surface area contributed by atoms with Gasteiger partial charge in [0, 0.05) is 38.1 Å². The Kier molecular flexibility index (Phi) is 6.50. The smallest absolute Gasteiger partial charge is 0.317 e. The Morgan fingerprint density at radius 1 is 1.23 bits per heavy atom. The quantitative estimate of drug-likeness (QED) is 0.834. The molecular formula is C17H33N3O2. The van der Waals surface area contributed by atoms with Gasteiger partial charge in [0.25, 0.3) is 0 Å². The van der Waals surface area contributed by atoms with Gasteiger partial charge >= 0.3 is 6.03 Å². The van der Waals surface area contributed by atoms with Crippen molar-refractivity contribution < 1.29 is 9.90 Å². The molecular weight excluding hydrogens is 278 g/mol. The summed E-state index contributed by atoms with van der Waals surface area (Å²) in [7, 11) is 0. The Balaban J connectivity index is 1.75. The molecule has 2 N–H and O–H groups in total. The molecule has 5 nitrogen and oxygen atoms in total. The van der Waals surface area contributed by atoms with Crippen molar-refractivity contribution >= 4 is 6.03 Å². The van der Waals surface area contributed by atoms with Crippen LogP contribution in [0.5, 0.6) is 0 Å². The molecule has 2 amide bonds. The second-order valence-corrected chi connectivity index (χ2v) is 7.45. The molecule has 2 aliphatic heterocycles. The second kappa shape index (κ2) is 8.16. The largest absolute Gasteiger partial charge is 0.393 e. The van der Waals surface area contributed by atoms with E-state index < -0.39 is 0 Å². The third kappa shape index (κ3) is 5.13. The summed E-state index contributed by atoms with van der Waals surface area (Å²) >= 11 is 0. The van der Waals surface area contributed by atoms with Crippen LogP contribution in [0, 0.1) is 11.8 Å². The maximum absolute atomic E-state index is 12.4. The molecule has 128 valence electrons. The van der Waals surface area contributed by atoms with Crippen molar-refractivity contribution in [3.8, 4) is 0 Å². The monoisotopic (exact) mass is 311 g/mol. The highest BCUT2D eigenvalue weighted by Crippen LogP contribution is 2.20. The van der Waals surface area contributed by atoms with Gasteiger partial charge in [0.15, 0.2) is 0 Å². The standard InChI is InChI=1S/C17H33N3O2/c1-13-6-4-8-19(10-13)11-14(2)18-17(22)20-9-5-7-16(12-20)15(3)21/h13-16,21H,4-12H2,1-3H3,(H,18,22). The highest BCUT2D eigenvalue weighted by atomic mass is 16.3. The average Bonchev–Trinajstić information content (AvgIpc) is 2.47. The van der Waals surface area contributed by atoms with Gasteiger partial charge in [-0.15, -0.1) is 0 Å². The molecule has 0 aromatic rings. The molecule has 0 bridgehead atoms. The fourth-order valence-electron chi connectivity index (χ4n) is 3.78. The SMILES string of the molecule is CC1CCCN(CC(C)NC(=O)N2CCCC(C(C)O)C2)C1. The van der Waals surface area contributed by atoms with Crippen LogP contribution < -0.4 is 5.32 Å². The number of hydrogen-bond acceptors (Lipinski definition) is 3.